The van der Waals surface area contributed by atoms with Crippen molar-refractivity contribution in [2.24, 2.45) is 0 Å². The zero-order valence-electron chi connectivity index (χ0n) is 9.66. The van der Waals surface area contributed by atoms with Crippen molar-refractivity contribution in [1.29, 1.82) is 0 Å². The number of hydrogen-bond donors (Lipinski definition) is 0. The van der Waals surface area contributed by atoms with Crippen LogP contribution < -0.4 is 0 Å². The van der Waals surface area contributed by atoms with Gasteiger partial charge in [-0.25, -0.2) is 4.79 Å². The molecule has 0 saturated heterocycles. The summed E-state index contributed by atoms with van der Waals surface area (Å²) in [4.78, 5) is 11.7. The number of ether oxygens (including phenoxy) is 1. The van der Waals surface area contributed by atoms with Gasteiger partial charge in [0, 0.05) is 15.1 Å². The molecule has 0 amide bonds. The molecule has 0 aliphatic carbocycles. The Kier molecular flexibility index (Phi) is 3.73. The summed E-state index contributed by atoms with van der Waals surface area (Å²) < 4.78 is 10.6. The second-order valence-electron chi connectivity index (χ2n) is 3.61. The van der Waals surface area contributed by atoms with E-state index >= 15 is 0 Å². The minimum atomic E-state index is -0.486. The molecular weight excluding hydrogens is 321 g/mol. The average Bonchev–Trinajstić information content (AvgIpc) is 2.69. The second-order valence-corrected chi connectivity index (χ2v) is 4.96. The average molecular weight is 331 g/mol. The molecule has 0 fully saturated rings. The van der Waals surface area contributed by atoms with Crippen LogP contribution in [0, 0.1) is 6.92 Å². The maximum Gasteiger partial charge on any atom is 0.343 e. The molecule has 94 valence electrons. The lowest BCUT2D eigenvalue weighted by molar-refractivity contribution is 0.0599. The van der Waals surface area contributed by atoms with Crippen molar-refractivity contribution in [1.82, 2.24) is 5.16 Å². The molecule has 1 heterocycles. The molecule has 1 aromatic carbocycles. The number of methoxy groups -OCH3 is 1. The molecule has 0 bridgehead atoms. The molecule has 0 radical (unpaired) electrons. The molecule has 0 aliphatic heterocycles. The molecule has 18 heavy (non-hydrogen) atoms. The number of aryl methyl sites for hydroxylation is 1. The number of rotatable bonds is 2. The van der Waals surface area contributed by atoms with Crippen molar-refractivity contribution in [3.05, 3.63) is 39.0 Å². The van der Waals surface area contributed by atoms with Crippen molar-refractivity contribution < 1.29 is 14.1 Å². The SMILES string of the molecule is COC(=O)c1c(-c2cc(Cl)cc(Br)c2)noc1C. The Morgan fingerprint density at radius 3 is 2.78 bits per heavy atom. The lowest BCUT2D eigenvalue weighted by atomic mass is 10.1. The quantitative estimate of drug-likeness (QED) is 0.785. The fourth-order valence-corrected chi connectivity index (χ4v) is 2.46. The van der Waals surface area contributed by atoms with Gasteiger partial charge in [0.1, 0.15) is 17.0 Å². The van der Waals surface area contributed by atoms with E-state index in [0.29, 0.717) is 27.6 Å². The first kappa shape index (κ1) is 13.1. The van der Waals surface area contributed by atoms with Gasteiger partial charge < -0.3 is 9.26 Å². The molecule has 6 heteroatoms. The fraction of sp³-hybridized carbons (Fsp3) is 0.167. The van der Waals surface area contributed by atoms with E-state index in [0.717, 1.165) is 4.47 Å². The lowest BCUT2D eigenvalue weighted by Gasteiger charge is -2.02. The van der Waals surface area contributed by atoms with Crippen molar-refractivity contribution in [3.8, 4) is 11.3 Å². The highest BCUT2D eigenvalue weighted by Crippen LogP contribution is 2.30. The highest BCUT2D eigenvalue weighted by atomic mass is 79.9. The van der Waals surface area contributed by atoms with E-state index < -0.39 is 5.97 Å². The van der Waals surface area contributed by atoms with Gasteiger partial charge in [-0.15, -0.1) is 0 Å². The molecule has 0 atom stereocenters. The number of nitrogens with zero attached hydrogens (tertiary/aromatic N) is 1. The summed E-state index contributed by atoms with van der Waals surface area (Å²) in [5, 5.41) is 4.42. The number of halogens is 2. The van der Waals surface area contributed by atoms with E-state index in [9.17, 15) is 4.79 Å². The first-order valence-electron chi connectivity index (χ1n) is 5.04. The van der Waals surface area contributed by atoms with Crippen LogP contribution in [0.4, 0.5) is 0 Å². The molecule has 4 nitrogen and oxygen atoms in total. The third-order valence-corrected chi connectivity index (χ3v) is 3.06. The summed E-state index contributed by atoms with van der Waals surface area (Å²) in [5.74, 6) is -0.0761. The van der Waals surface area contributed by atoms with Crippen LogP contribution >= 0.6 is 27.5 Å². The third-order valence-electron chi connectivity index (χ3n) is 2.39. The Morgan fingerprint density at radius 2 is 2.17 bits per heavy atom. The van der Waals surface area contributed by atoms with E-state index in [1.54, 1.807) is 25.1 Å². The number of hydrogen-bond acceptors (Lipinski definition) is 4. The van der Waals surface area contributed by atoms with Gasteiger partial charge in [-0.3, -0.25) is 0 Å². The normalized spacial score (nSPS) is 10.4. The number of carbonyl (C=O) groups excluding carboxylic acids is 1. The monoisotopic (exact) mass is 329 g/mol. The molecule has 0 aliphatic rings. The smallest absolute Gasteiger partial charge is 0.343 e. The van der Waals surface area contributed by atoms with Gasteiger partial charge in [-0.1, -0.05) is 32.7 Å². The first-order valence-corrected chi connectivity index (χ1v) is 6.21. The summed E-state index contributed by atoms with van der Waals surface area (Å²) in [5.41, 5.74) is 1.42. The van der Waals surface area contributed by atoms with Gasteiger partial charge in [0.05, 0.1) is 7.11 Å². The highest BCUT2D eigenvalue weighted by molar-refractivity contribution is 9.10. The maximum atomic E-state index is 11.7. The van der Waals surface area contributed by atoms with E-state index in [4.69, 9.17) is 20.9 Å². The van der Waals surface area contributed by atoms with E-state index in [1.807, 2.05) is 0 Å². The summed E-state index contributed by atoms with van der Waals surface area (Å²) in [6.07, 6.45) is 0. The lowest BCUT2D eigenvalue weighted by Crippen LogP contribution is -2.03. The molecule has 0 spiro atoms. The molecule has 2 aromatic rings. The van der Waals surface area contributed by atoms with Crippen molar-refractivity contribution in [3.63, 3.8) is 0 Å². The van der Waals surface area contributed by atoms with Crippen LogP contribution in [0.5, 0.6) is 0 Å². The Hall–Kier alpha value is -1.33. The Labute approximate surface area is 117 Å². The Balaban J connectivity index is 2.61. The molecule has 2 rings (SSSR count). The predicted octanol–water partition coefficient (Wildman–Crippen LogP) is 3.85. The van der Waals surface area contributed by atoms with Crippen LogP contribution in [0.3, 0.4) is 0 Å². The van der Waals surface area contributed by atoms with Gasteiger partial charge in [0.25, 0.3) is 0 Å². The van der Waals surface area contributed by atoms with Crippen molar-refractivity contribution >= 4 is 33.5 Å². The van der Waals surface area contributed by atoms with Crippen molar-refractivity contribution in [2.45, 2.75) is 6.92 Å². The highest BCUT2D eigenvalue weighted by Gasteiger charge is 2.22. The summed E-state index contributed by atoms with van der Waals surface area (Å²) in [6.45, 7) is 1.66. The summed E-state index contributed by atoms with van der Waals surface area (Å²) >= 11 is 9.30. The number of benzene rings is 1. The van der Waals surface area contributed by atoms with Crippen LogP contribution in [-0.2, 0) is 4.74 Å². The fourth-order valence-electron chi connectivity index (χ4n) is 1.60. The van der Waals surface area contributed by atoms with Gasteiger partial charge in [-0.05, 0) is 25.1 Å². The minimum absolute atomic E-state index is 0.312. The first-order chi connectivity index (χ1) is 8.52. The van der Waals surface area contributed by atoms with Crippen LogP contribution in [-0.4, -0.2) is 18.2 Å². The number of carbonyl (C=O) groups is 1. The summed E-state index contributed by atoms with van der Waals surface area (Å²) in [6, 6.07) is 5.25. The van der Waals surface area contributed by atoms with Gasteiger partial charge in [0.15, 0.2) is 0 Å². The van der Waals surface area contributed by atoms with Crippen molar-refractivity contribution in [2.75, 3.05) is 7.11 Å². The van der Waals surface area contributed by atoms with E-state index in [2.05, 4.69) is 21.1 Å². The summed E-state index contributed by atoms with van der Waals surface area (Å²) in [7, 11) is 1.31. The molecule has 0 saturated carbocycles. The van der Waals surface area contributed by atoms with Gasteiger partial charge >= 0.3 is 5.97 Å². The third kappa shape index (κ3) is 2.42. The van der Waals surface area contributed by atoms with Crippen LogP contribution in [0.2, 0.25) is 5.02 Å². The molecule has 0 N–H and O–H groups in total. The van der Waals surface area contributed by atoms with E-state index in [1.165, 1.54) is 7.11 Å². The Bertz CT molecular complexity index is 589. The van der Waals surface area contributed by atoms with Crippen LogP contribution in [0.15, 0.2) is 27.2 Å². The standard InChI is InChI=1S/C12H9BrClNO3/c1-6-10(12(16)17-2)11(15-18-6)7-3-8(13)5-9(14)4-7/h3-5H,1-2H3. The van der Waals surface area contributed by atoms with E-state index in [-0.39, 0.29) is 0 Å². The Morgan fingerprint density at radius 1 is 1.44 bits per heavy atom. The molecule has 0 unspecified atom stereocenters. The van der Waals surface area contributed by atoms with Gasteiger partial charge in [0.2, 0.25) is 0 Å². The number of aromatic nitrogens is 1. The zero-order chi connectivity index (χ0) is 13.3. The molecule has 1 aromatic heterocycles. The predicted molar refractivity (Wildman–Crippen MR) is 70.7 cm³/mol. The van der Waals surface area contributed by atoms with Crippen LogP contribution in [0.1, 0.15) is 16.1 Å². The van der Waals surface area contributed by atoms with Crippen LogP contribution in [0.25, 0.3) is 11.3 Å². The zero-order valence-corrected chi connectivity index (χ0v) is 12.0. The maximum absolute atomic E-state index is 11.7. The molecular formula is C12H9BrClNO3. The second kappa shape index (κ2) is 5.12. The largest absolute Gasteiger partial charge is 0.465 e. The minimum Gasteiger partial charge on any atom is -0.465 e. The van der Waals surface area contributed by atoms with Gasteiger partial charge in [-0.2, -0.15) is 0 Å². The topological polar surface area (TPSA) is 52.3 Å². The number of esters is 1.